The highest BCUT2D eigenvalue weighted by Gasteiger charge is 2.61. The number of phenols is 1. The first-order valence-corrected chi connectivity index (χ1v) is 29.2. The molecule has 10 nitrogen and oxygen atoms in total. The maximum Gasteiger partial charge on any atom is 0.312 e. The number of esters is 3. The molecule has 7 rings (SSSR count). The first-order valence-electron chi connectivity index (χ1n) is 28.2. The lowest BCUT2D eigenvalue weighted by Gasteiger charge is -2.62. The highest BCUT2D eigenvalue weighted by atomic mass is 127. The van der Waals surface area contributed by atoms with Crippen LogP contribution < -0.4 is 9.47 Å². The van der Waals surface area contributed by atoms with Gasteiger partial charge in [0, 0.05) is 18.2 Å². The molecule has 0 aliphatic heterocycles. The Labute approximate surface area is 457 Å². The SMILES string of the molecule is CCC(C)(C)C(=O)OC1(C(C)C)C2CC3CC(C2)CC1C3.CCC(C)(C)C(=O)OC1(C(C)C)CCCC1.CCC(C)c1ccc(O)cc1.CCOC(C)Oc1cc(OC)c(C(C)OC(=O)C(C)(C)CC)cc1I. The van der Waals surface area contributed by atoms with Crippen LogP contribution in [0, 0.1) is 55.3 Å². The van der Waals surface area contributed by atoms with Crippen molar-refractivity contribution >= 4 is 40.5 Å². The van der Waals surface area contributed by atoms with Crippen molar-refractivity contribution in [2.75, 3.05) is 13.7 Å². The zero-order valence-electron chi connectivity index (χ0n) is 49.1. The van der Waals surface area contributed by atoms with Gasteiger partial charge in [-0.15, -0.1) is 0 Å². The number of benzene rings is 2. The number of ether oxygens (including phenoxy) is 6. The van der Waals surface area contributed by atoms with E-state index < -0.39 is 11.5 Å². The Morgan fingerprint density at radius 1 is 0.671 bits per heavy atom. The highest BCUT2D eigenvalue weighted by Crippen LogP contribution is 2.62. The van der Waals surface area contributed by atoms with Crippen molar-refractivity contribution in [3.05, 3.63) is 51.1 Å². The molecule has 3 unspecified atom stereocenters. The van der Waals surface area contributed by atoms with Crippen LogP contribution in [0.15, 0.2) is 36.4 Å². The number of halogens is 1. The number of carbonyl (C=O) groups is 3. The topological polar surface area (TPSA) is 127 Å². The average Bonchev–Trinajstić information content (AvgIpc) is 3.83. The molecule has 0 heterocycles. The van der Waals surface area contributed by atoms with E-state index >= 15 is 0 Å². The predicted octanol–water partition coefficient (Wildman–Crippen LogP) is 16.8. The third-order valence-corrected chi connectivity index (χ3v) is 18.3. The van der Waals surface area contributed by atoms with Gasteiger partial charge in [0.05, 0.1) is 26.9 Å². The van der Waals surface area contributed by atoms with Crippen LogP contribution in [0.2, 0.25) is 0 Å². The lowest BCUT2D eigenvalue weighted by Crippen LogP contribution is -2.63. The zero-order valence-corrected chi connectivity index (χ0v) is 51.2. The molecule has 0 amide bonds. The van der Waals surface area contributed by atoms with E-state index in [1.54, 1.807) is 19.2 Å². The van der Waals surface area contributed by atoms with E-state index in [0.717, 1.165) is 59.5 Å². The van der Waals surface area contributed by atoms with E-state index in [2.05, 4.69) is 71.1 Å². The summed E-state index contributed by atoms with van der Waals surface area (Å²) in [6, 6.07) is 11.2. The van der Waals surface area contributed by atoms with Gasteiger partial charge in [-0.25, -0.2) is 0 Å². The molecule has 11 heteroatoms. The summed E-state index contributed by atoms with van der Waals surface area (Å²) < 4.78 is 35.5. The van der Waals surface area contributed by atoms with Gasteiger partial charge in [-0.2, -0.15) is 0 Å². The minimum Gasteiger partial charge on any atom is -0.508 e. The average molecular weight is 1130 g/mol. The summed E-state index contributed by atoms with van der Waals surface area (Å²) >= 11 is 2.19. The Morgan fingerprint density at radius 3 is 1.58 bits per heavy atom. The molecule has 5 fully saturated rings. The quantitative estimate of drug-likeness (QED) is 0.0629. The number of aromatic hydroxyl groups is 1. The maximum atomic E-state index is 12.8. The fourth-order valence-electron chi connectivity index (χ4n) is 11.0. The van der Waals surface area contributed by atoms with Crippen molar-refractivity contribution in [1.29, 1.82) is 0 Å². The molecule has 4 bridgehead atoms. The van der Waals surface area contributed by atoms with Crippen LogP contribution in [-0.4, -0.2) is 54.2 Å². The van der Waals surface area contributed by atoms with Crippen molar-refractivity contribution in [2.45, 2.75) is 238 Å². The van der Waals surface area contributed by atoms with Crippen molar-refractivity contribution in [3.63, 3.8) is 0 Å². The number of carbonyl (C=O) groups excluding carboxylic acids is 3. The second-order valence-electron chi connectivity index (χ2n) is 24.3. The molecule has 0 saturated heterocycles. The fraction of sp³-hybridized carbons (Fsp3) is 0.758. The van der Waals surface area contributed by atoms with Crippen LogP contribution in [0.4, 0.5) is 0 Å². The van der Waals surface area contributed by atoms with Crippen LogP contribution in [0.3, 0.4) is 0 Å². The summed E-state index contributed by atoms with van der Waals surface area (Å²) in [5.41, 5.74) is 0.556. The summed E-state index contributed by atoms with van der Waals surface area (Å²) in [4.78, 5) is 37.3. The second kappa shape index (κ2) is 27.8. The molecular weight excluding hydrogens is 1030 g/mol. The summed E-state index contributed by atoms with van der Waals surface area (Å²) in [7, 11) is 1.59. The van der Waals surface area contributed by atoms with Crippen LogP contribution in [-0.2, 0) is 33.3 Å². The van der Waals surface area contributed by atoms with Crippen molar-refractivity contribution in [1.82, 2.24) is 0 Å². The molecule has 73 heavy (non-hydrogen) atoms. The minimum atomic E-state index is -0.509. The molecule has 2 aromatic rings. The lowest BCUT2D eigenvalue weighted by atomic mass is 9.47. The van der Waals surface area contributed by atoms with Crippen molar-refractivity contribution < 1.29 is 47.9 Å². The highest BCUT2D eigenvalue weighted by molar-refractivity contribution is 14.1. The number of rotatable bonds is 19. The van der Waals surface area contributed by atoms with Gasteiger partial charge in [0.2, 0.25) is 0 Å². The third kappa shape index (κ3) is 16.7. The summed E-state index contributed by atoms with van der Waals surface area (Å²) in [6.45, 7) is 37.3. The van der Waals surface area contributed by atoms with E-state index in [0.29, 0.717) is 53.4 Å². The Bertz CT molecular complexity index is 2000. The molecule has 0 aromatic heterocycles. The number of methoxy groups -OCH3 is 1. The molecule has 416 valence electrons. The molecule has 0 radical (unpaired) electrons. The molecule has 5 saturated carbocycles. The van der Waals surface area contributed by atoms with E-state index in [-0.39, 0.29) is 46.2 Å². The molecule has 5 aliphatic carbocycles. The summed E-state index contributed by atoms with van der Waals surface area (Å²) in [5.74, 6) is 5.94. The molecule has 5 aliphatic rings. The first kappa shape index (κ1) is 64.2. The van der Waals surface area contributed by atoms with E-state index in [4.69, 9.17) is 33.5 Å². The Morgan fingerprint density at radius 2 is 1.15 bits per heavy atom. The van der Waals surface area contributed by atoms with Crippen LogP contribution in [0.1, 0.15) is 231 Å². The number of hydrogen-bond acceptors (Lipinski definition) is 10. The normalized spacial score (nSPS) is 23.1. The van der Waals surface area contributed by atoms with Gasteiger partial charge in [-0.3, -0.25) is 14.4 Å². The number of hydrogen-bond donors (Lipinski definition) is 1. The molecular formula is C62H101IO10. The van der Waals surface area contributed by atoms with E-state index in [1.807, 2.05) is 100 Å². The van der Waals surface area contributed by atoms with Gasteiger partial charge >= 0.3 is 17.9 Å². The van der Waals surface area contributed by atoms with E-state index in [1.165, 1.54) is 50.5 Å². The van der Waals surface area contributed by atoms with Gasteiger partial charge < -0.3 is 33.5 Å². The lowest BCUT2D eigenvalue weighted by molar-refractivity contribution is -0.231. The molecule has 0 spiro atoms. The van der Waals surface area contributed by atoms with Crippen LogP contribution in [0.5, 0.6) is 17.2 Å². The Hall–Kier alpha value is -3.06. The van der Waals surface area contributed by atoms with Gasteiger partial charge in [0.15, 0.2) is 6.29 Å². The molecule has 3 atom stereocenters. The second-order valence-corrected chi connectivity index (χ2v) is 25.5. The van der Waals surface area contributed by atoms with Gasteiger partial charge in [-0.05, 0) is 234 Å². The molecule has 1 N–H and O–H groups in total. The maximum absolute atomic E-state index is 12.8. The predicted molar refractivity (Wildman–Crippen MR) is 304 cm³/mol. The minimum absolute atomic E-state index is 0.0226. The monoisotopic (exact) mass is 1130 g/mol. The van der Waals surface area contributed by atoms with Crippen molar-refractivity contribution in [3.8, 4) is 17.2 Å². The molecule has 2 aromatic carbocycles. The largest absolute Gasteiger partial charge is 0.508 e. The fourth-order valence-corrected chi connectivity index (χ4v) is 11.6. The van der Waals surface area contributed by atoms with E-state index in [9.17, 15) is 14.4 Å². The third-order valence-electron chi connectivity index (χ3n) is 17.5. The number of phenolic OH excluding ortho intramolecular Hbond substituents is 1. The summed E-state index contributed by atoms with van der Waals surface area (Å²) in [5, 5.41) is 9.01. The standard InChI is InChI=1S/C19H29IO5.C19H32O2.C14H26O2.C10H14O/c1-8-19(5,6)18(21)24-12(3)14-10-15(20)17(11-16(14)22-7)25-13(4)23-9-2;1-6-18(4,5)17(20)21-19(12(2)3)15-8-13-7-14(10-15)11-16(19)9-13;1-6-13(4,5)12(15)16-14(11(2)3)9-7-8-10-14;1-3-8(2)9-4-6-10(11)7-5-9/h10-13H,8-9H2,1-7H3;12-16H,6-11H2,1-5H3;11H,6-10H2,1-5H3;4-8,11H,3H2,1-2H3. The summed E-state index contributed by atoms with van der Waals surface area (Å²) in [6.07, 6.45) is 13.9. The van der Waals surface area contributed by atoms with Crippen LogP contribution in [0.25, 0.3) is 0 Å². The zero-order chi connectivity index (χ0) is 55.3. The Balaban J connectivity index is 0.000000266. The van der Waals surface area contributed by atoms with Gasteiger partial charge in [0.1, 0.15) is 34.6 Å². The van der Waals surface area contributed by atoms with Crippen molar-refractivity contribution in [2.24, 2.45) is 51.8 Å². The smallest absolute Gasteiger partial charge is 0.312 e. The van der Waals surface area contributed by atoms with Gasteiger partial charge in [0.25, 0.3) is 0 Å². The van der Waals surface area contributed by atoms with Crippen LogP contribution >= 0.6 is 22.6 Å². The first-order chi connectivity index (χ1) is 34.0. The van der Waals surface area contributed by atoms with Gasteiger partial charge in [-0.1, -0.05) is 74.4 Å². The Kier molecular flexibility index (Phi) is 24.5.